The molecule has 1 aliphatic rings. The lowest BCUT2D eigenvalue weighted by Crippen LogP contribution is -2.54. The molecule has 0 spiro atoms. The minimum Gasteiger partial charge on any atom is -0.350 e. The monoisotopic (exact) mass is 375 g/mol. The van der Waals surface area contributed by atoms with Gasteiger partial charge in [0, 0.05) is 18.8 Å². The summed E-state index contributed by atoms with van der Waals surface area (Å²) in [5.41, 5.74) is 7.60. The van der Waals surface area contributed by atoms with Gasteiger partial charge in [-0.05, 0) is 30.0 Å². The van der Waals surface area contributed by atoms with Gasteiger partial charge < -0.3 is 15.6 Å². The molecule has 1 saturated carbocycles. The van der Waals surface area contributed by atoms with E-state index in [-0.39, 0.29) is 23.9 Å². The zero-order valence-electron chi connectivity index (χ0n) is 14.8. The summed E-state index contributed by atoms with van der Waals surface area (Å²) in [5.74, 6) is -0.0490. The molecule has 0 unspecified atom stereocenters. The van der Waals surface area contributed by atoms with Gasteiger partial charge in [0.1, 0.15) is 0 Å². The van der Waals surface area contributed by atoms with E-state index in [0.717, 1.165) is 43.2 Å². The van der Waals surface area contributed by atoms with Crippen LogP contribution in [0, 0.1) is 0 Å². The molecule has 0 aliphatic heterocycles. The van der Waals surface area contributed by atoms with Crippen LogP contribution in [0.1, 0.15) is 43.2 Å². The predicted octanol–water partition coefficient (Wildman–Crippen LogP) is 2.60. The summed E-state index contributed by atoms with van der Waals surface area (Å²) in [4.78, 5) is 24.1. The van der Waals surface area contributed by atoms with Crippen molar-refractivity contribution < 1.29 is 4.79 Å². The van der Waals surface area contributed by atoms with E-state index in [2.05, 4.69) is 5.32 Å². The number of carbonyl (C=O) groups is 1. The number of aromatic nitrogens is 1. The van der Waals surface area contributed by atoms with Crippen molar-refractivity contribution in [2.24, 2.45) is 5.73 Å². The Hall–Kier alpha value is -2.11. The predicted molar refractivity (Wildman–Crippen MR) is 105 cm³/mol. The second kappa shape index (κ2) is 9.01. The fourth-order valence-electron chi connectivity index (χ4n) is 3.32. The van der Waals surface area contributed by atoms with Gasteiger partial charge in [-0.3, -0.25) is 9.59 Å². The molecule has 1 fully saturated rings. The van der Waals surface area contributed by atoms with Gasteiger partial charge >= 0.3 is 0 Å². The molecule has 0 radical (unpaired) electrons. The summed E-state index contributed by atoms with van der Waals surface area (Å²) in [6.07, 6.45) is 6.53. The first-order valence-corrected chi connectivity index (χ1v) is 8.87. The number of hydrogen-bond donors (Lipinski definition) is 2. The van der Waals surface area contributed by atoms with Crippen LogP contribution < -0.4 is 16.6 Å². The van der Waals surface area contributed by atoms with Crippen LogP contribution in [-0.4, -0.2) is 16.0 Å². The van der Waals surface area contributed by atoms with E-state index in [1.165, 1.54) is 0 Å². The minimum atomic E-state index is -0.702. The number of nitrogens with one attached hydrogen (secondary N) is 1. The van der Waals surface area contributed by atoms with Gasteiger partial charge in [-0.25, -0.2) is 0 Å². The average molecular weight is 376 g/mol. The summed E-state index contributed by atoms with van der Waals surface area (Å²) in [6.45, 7) is 1.02. The first kappa shape index (κ1) is 20.2. The quantitative estimate of drug-likeness (QED) is 0.843. The maximum absolute atomic E-state index is 12.4. The number of nitrogens with two attached hydrogens (primary N) is 1. The lowest BCUT2D eigenvalue weighted by Gasteiger charge is -2.31. The van der Waals surface area contributed by atoms with Crippen LogP contribution in [0.25, 0.3) is 0 Å². The number of nitrogens with zero attached hydrogens (tertiary/aromatic N) is 1. The van der Waals surface area contributed by atoms with Crippen molar-refractivity contribution in [2.45, 2.75) is 50.7 Å². The van der Waals surface area contributed by atoms with Crippen molar-refractivity contribution in [1.29, 1.82) is 0 Å². The molecule has 0 saturated heterocycles. The van der Waals surface area contributed by atoms with Crippen molar-refractivity contribution in [2.75, 3.05) is 0 Å². The third kappa shape index (κ3) is 4.96. The molecule has 26 heavy (non-hydrogen) atoms. The summed E-state index contributed by atoms with van der Waals surface area (Å²) >= 11 is 0. The van der Waals surface area contributed by atoms with Gasteiger partial charge in [-0.1, -0.05) is 49.6 Å². The number of amides is 1. The van der Waals surface area contributed by atoms with Gasteiger partial charge in [-0.15, -0.1) is 12.4 Å². The van der Waals surface area contributed by atoms with E-state index in [1.54, 1.807) is 22.9 Å². The van der Waals surface area contributed by atoms with Crippen LogP contribution in [0.15, 0.2) is 53.5 Å². The Morgan fingerprint density at radius 1 is 1.04 bits per heavy atom. The normalized spacial score (nSPS) is 15.7. The van der Waals surface area contributed by atoms with E-state index in [0.29, 0.717) is 13.1 Å². The van der Waals surface area contributed by atoms with Crippen LogP contribution in [0.5, 0.6) is 0 Å². The lowest BCUT2D eigenvalue weighted by molar-refractivity contribution is -0.127. The molecule has 0 atom stereocenters. The molecule has 1 aromatic heterocycles. The second-order valence-electron chi connectivity index (χ2n) is 6.88. The van der Waals surface area contributed by atoms with Crippen molar-refractivity contribution in [3.8, 4) is 0 Å². The Morgan fingerprint density at radius 3 is 2.35 bits per heavy atom. The molecule has 0 bridgehead atoms. The van der Waals surface area contributed by atoms with Gasteiger partial charge in [0.25, 0.3) is 5.56 Å². The van der Waals surface area contributed by atoms with Gasteiger partial charge in [0.05, 0.1) is 12.1 Å². The molecule has 2 aromatic rings. The third-order valence-corrected chi connectivity index (χ3v) is 4.93. The smallest absolute Gasteiger partial charge is 0.250 e. The maximum Gasteiger partial charge on any atom is 0.250 e. The highest BCUT2D eigenvalue weighted by Gasteiger charge is 2.34. The summed E-state index contributed by atoms with van der Waals surface area (Å²) in [6, 6.07) is 13.1. The molecule has 6 heteroatoms. The molecular weight excluding hydrogens is 350 g/mol. The Balaban J connectivity index is 0.00000243. The fourth-order valence-corrected chi connectivity index (χ4v) is 3.32. The minimum absolute atomic E-state index is 0. The maximum atomic E-state index is 12.4. The topological polar surface area (TPSA) is 77.1 Å². The SMILES string of the molecule is Cl.NC1(C(=O)NCc2ccc(Cn3ccccc3=O)cc2)CCCCC1. The Bertz CT molecular complexity index is 780. The highest BCUT2D eigenvalue weighted by molar-refractivity contribution is 5.86. The highest BCUT2D eigenvalue weighted by atomic mass is 35.5. The van der Waals surface area contributed by atoms with Crippen LogP contribution in [0.2, 0.25) is 0 Å². The molecule has 3 N–H and O–H groups in total. The molecule has 1 aliphatic carbocycles. The van der Waals surface area contributed by atoms with Crippen LogP contribution in [-0.2, 0) is 17.9 Å². The molecule has 1 heterocycles. The van der Waals surface area contributed by atoms with E-state index >= 15 is 0 Å². The molecule has 3 rings (SSSR count). The van der Waals surface area contributed by atoms with E-state index in [9.17, 15) is 9.59 Å². The summed E-state index contributed by atoms with van der Waals surface area (Å²) < 4.78 is 1.66. The zero-order valence-corrected chi connectivity index (χ0v) is 15.6. The summed E-state index contributed by atoms with van der Waals surface area (Å²) in [7, 11) is 0. The van der Waals surface area contributed by atoms with E-state index in [1.807, 2.05) is 30.3 Å². The Labute approximate surface area is 160 Å². The van der Waals surface area contributed by atoms with Crippen molar-refractivity contribution in [3.05, 3.63) is 70.1 Å². The third-order valence-electron chi connectivity index (χ3n) is 4.93. The van der Waals surface area contributed by atoms with Gasteiger partial charge in [-0.2, -0.15) is 0 Å². The first-order valence-electron chi connectivity index (χ1n) is 8.87. The van der Waals surface area contributed by atoms with Crippen LogP contribution in [0.4, 0.5) is 0 Å². The number of hydrogen-bond acceptors (Lipinski definition) is 3. The van der Waals surface area contributed by atoms with Crippen molar-refractivity contribution >= 4 is 18.3 Å². The number of pyridine rings is 1. The molecule has 140 valence electrons. The zero-order chi connectivity index (χ0) is 17.7. The molecule has 1 amide bonds. The molecule has 5 nitrogen and oxygen atoms in total. The van der Waals surface area contributed by atoms with E-state index in [4.69, 9.17) is 5.73 Å². The standard InChI is InChI=1S/C20H25N3O2.ClH/c21-20(11-3-1-4-12-20)19(25)22-14-16-7-9-17(10-8-16)15-23-13-5-2-6-18(23)24;/h2,5-10,13H,1,3-4,11-12,14-15,21H2,(H,22,25);1H. The van der Waals surface area contributed by atoms with Crippen LogP contribution in [0.3, 0.4) is 0 Å². The van der Waals surface area contributed by atoms with Gasteiger partial charge in [0.2, 0.25) is 5.91 Å². The van der Waals surface area contributed by atoms with Crippen LogP contribution >= 0.6 is 12.4 Å². The fraction of sp³-hybridized carbons (Fsp3) is 0.400. The number of carbonyl (C=O) groups excluding carboxylic acids is 1. The molecular formula is C20H26ClN3O2. The number of halogens is 1. The summed E-state index contributed by atoms with van der Waals surface area (Å²) in [5, 5.41) is 2.97. The van der Waals surface area contributed by atoms with Crippen molar-refractivity contribution in [1.82, 2.24) is 9.88 Å². The molecule has 1 aromatic carbocycles. The first-order chi connectivity index (χ1) is 12.1. The highest BCUT2D eigenvalue weighted by Crippen LogP contribution is 2.26. The van der Waals surface area contributed by atoms with Gasteiger partial charge in [0.15, 0.2) is 0 Å². The number of rotatable bonds is 5. The van der Waals surface area contributed by atoms with E-state index < -0.39 is 5.54 Å². The Morgan fingerprint density at radius 2 is 1.69 bits per heavy atom. The van der Waals surface area contributed by atoms with Crippen molar-refractivity contribution in [3.63, 3.8) is 0 Å². The average Bonchev–Trinajstić information content (AvgIpc) is 2.63. The number of benzene rings is 1. The Kier molecular flexibility index (Phi) is 7.00. The lowest BCUT2D eigenvalue weighted by atomic mass is 9.82. The largest absolute Gasteiger partial charge is 0.350 e. The second-order valence-corrected chi connectivity index (χ2v) is 6.88.